The maximum Gasteiger partial charge on any atom is 0.257 e. The molecule has 3 heterocycles. The standard InChI is InChI=1S/C19H30N2O5/c1-15(2)25-14-10-20-6-8-21(9-7-20)18(22)16-3-11-26-17(16)19(23)4-12-24-13-5-19/h3,11,15,23H,4-10,12-14H2,1-2H3. The van der Waals surface area contributed by atoms with Gasteiger partial charge in [0.25, 0.3) is 5.91 Å². The number of nitrogens with zero attached hydrogens (tertiary/aromatic N) is 2. The molecule has 1 amide bonds. The minimum Gasteiger partial charge on any atom is -0.465 e. The van der Waals surface area contributed by atoms with Crippen LogP contribution in [0.15, 0.2) is 16.7 Å². The largest absolute Gasteiger partial charge is 0.465 e. The number of ether oxygens (including phenoxy) is 2. The van der Waals surface area contributed by atoms with E-state index < -0.39 is 5.60 Å². The van der Waals surface area contributed by atoms with Crippen molar-refractivity contribution < 1.29 is 23.8 Å². The zero-order valence-corrected chi connectivity index (χ0v) is 15.8. The Morgan fingerprint density at radius 1 is 1.27 bits per heavy atom. The fourth-order valence-corrected chi connectivity index (χ4v) is 3.54. The zero-order chi connectivity index (χ0) is 18.6. The lowest BCUT2D eigenvalue weighted by atomic mass is 9.89. The van der Waals surface area contributed by atoms with Crippen LogP contribution in [0.2, 0.25) is 0 Å². The Morgan fingerprint density at radius 2 is 1.96 bits per heavy atom. The van der Waals surface area contributed by atoms with Gasteiger partial charge >= 0.3 is 0 Å². The molecule has 0 spiro atoms. The molecule has 26 heavy (non-hydrogen) atoms. The first-order chi connectivity index (χ1) is 12.5. The number of rotatable bonds is 6. The van der Waals surface area contributed by atoms with Gasteiger partial charge in [-0.05, 0) is 19.9 Å². The van der Waals surface area contributed by atoms with Crippen molar-refractivity contribution in [3.05, 3.63) is 23.7 Å². The Bertz CT molecular complexity index is 587. The smallest absolute Gasteiger partial charge is 0.257 e. The topological polar surface area (TPSA) is 75.4 Å². The number of hydrogen-bond acceptors (Lipinski definition) is 6. The molecule has 1 aromatic heterocycles. The van der Waals surface area contributed by atoms with E-state index in [0.717, 1.165) is 19.6 Å². The van der Waals surface area contributed by atoms with Crippen LogP contribution in [0.1, 0.15) is 42.8 Å². The number of carbonyl (C=O) groups excluding carboxylic acids is 1. The highest BCUT2D eigenvalue weighted by Crippen LogP contribution is 2.35. The van der Waals surface area contributed by atoms with Crippen LogP contribution in [0.5, 0.6) is 0 Å². The fourth-order valence-electron chi connectivity index (χ4n) is 3.54. The highest BCUT2D eigenvalue weighted by atomic mass is 16.5. The van der Waals surface area contributed by atoms with Crippen LogP contribution < -0.4 is 0 Å². The van der Waals surface area contributed by atoms with Gasteiger partial charge in [-0.1, -0.05) is 0 Å². The second-order valence-corrected chi connectivity index (χ2v) is 7.36. The molecule has 2 fully saturated rings. The molecule has 7 heteroatoms. The summed E-state index contributed by atoms with van der Waals surface area (Å²) >= 11 is 0. The summed E-state index contributed by atoms with van der Waals surface area (Å²) in [6.07, 6.45) is 2.64. The van der Waals surface area contributed by atoms with E-state index >= 15 is 0 Å². The predicted molar refractivity (Wildman–Crippen MR) is 96.1 cm³/mol. The summed E-state index contributed by atoms with van der Waals surface area (Å²) in [5, 5.41) is 10.9. The Labute approximate surface area is 154 Å². The Morgan fingerprint density at radius 3 is 2.62 bits per heavy atom. The third kappa shape index (κ3) is 4.46. The molecule has 0 aliphatic carbocycles. The van der Waals surface area contributed by atoms with Gasteiger partial charge in [-0.2, -0.15) is 0 Å². The van der Waals surface area contributed by atoms with E-state index in [1.165, 1.54) is 6.26 Å². The molecule has 0 saturated carbocycles. The summed E-state index contributed by atoms with van der Waals surface area (Å²) < 4.78 is 16.5. The van der Waals surface area contributed by atoms with E-state index in [-0.39, 0.29) is 12.0 Å². The third-order valence-electron chi connectivity index (χ3n) is 5.16. The van der Waals surface area contributed by atoms with Gasteiger partial charge in [-0.3, -0.25) is 9.69 Å². The number of hydrogen-bond donors (Lipinski definition) is 1. The van der Waals surface area contributed by atoms with Crippen LogP contribution >= 0.6 is 0 Å². The van der Waals surface area contributed by atoms with Gasteiger partial charge in [0.15, 0.2) is 0 Å². The third-order valence-corrected chi connectivity index (χ3v) is 5.16. The zero-order valence-electron chi connectivity index (χ0n) is 15.8. The predicted octanol–water partition coefficient (Wildman–Crippen LogP) is 1.46. The first kappa shape index (κ1) is 19.4. The molecule has 7 nitrogen and oxygen atoms in total. The minimum absolute atomic E-state index is 0.0632. The van der Waals surface area contributed by atoms with Gasteiger partial charge in [0.2, 0.25) is 0 Å². The molecule has 0 atom stereocenters. The molecule has 3 rings (SSSR count). The number of piperazine rings is 1. The number of furan rings is 1. The molecule has 146 valence electrons. The van der Waals surface area contributed by atoms with Crippen molar-refractivity contribution in [2.75, 3.05) is 52.5 Å². The van der Waals surface area contributed by atoms with Crippen molar-refractivity contribution in [2.45, 2.75) is 38.4 Å². The average Bonchev–Trinajstić information content (AvgIpc) is 3.13. The molecule has 0 radical (unpaired) electrons. The molecule has 2 aliphatic rings. The van der Waals surface area contributed by atoms with Gasteiger partial charge in [0, 0.05) is 58.8 Å². The molecule has 0 bridgehead atoms. The summed E-state index contributed by atoms with van der Waals surface area (Å²) in [5.41, 5.74) is -0.631. The first-order valence-electron chi connectivity index (χ1n) is 9.51. The van der Waals surface area contributed by atoms with Crippen LogP contribution in [0.4, 0.5) is 0 Å². The molecule has 0 unspecified atom stereocenters. The van der Waals surface area contributed by atoms with Crippen LogP contribution in [0.25, 0.3) is 0 Å². The van der Waals surface area contributed by atoms with Crippen molar-refractivity contribution in [3.63, 3.8) is 0 Å². The highest BCUT2D eigenvalue weighted by molar-refractivity contribution is 5.95. The fraction of sp³-hybridized carbons (Fsp3) is 0.737. The molecule has 1 aromatic rings. The highest BCUT2D eigenvalue weighted by Gasteiger charge is 2.39. The molecule has 2 aliphatic heterocycles. The van der Waals surface area contributed by atoms with Crippen LogP contribution in [0.3, 0.4) is 0 Å². The number of aliphatic hydroxyl groups is 1. The summed E-state index contributed by atoms with van der Waals surface area (Å²) in [6.45, 7) is 9.63. The monoisotopic (exact) mass is 366 g/mol. The van der Waals surface area contributed by atoms with Crippen molar-refractivity contribution in [1.29, 1.82) is 0 Å². The van der Waals surface area contributed by atoms with Crippen LogP contribution in [0, 0.1) is 0 Å². The minimum atomic E-state index is -1.11. The van der Waals surface area contributed by atoms with Crippen LogP contribution in [-0.4, -0.2) is 79.5 Å². The van der Waals surface area contributed by atoms with Crippen LogP contribution in [-0.2, 0) is 15.1 Å². The Hall–Kier alpha value is -1.41. The van der Waals surface area contributed by atoms with Crippen molar-refractivity contribution >= 4 is 5.91 Å². The summed E-state index contributed by atoms with van der Waals surface area (Å²) in [7, 11) is 0. The van der Waals surface area contributed by atoms with Gasteiger partial charge in [-0.15, -0.1) is 0 Å². The van der Waals surface area contributed by atoms with E-state index in [0.29, 0.717) is 57.1 Å². The van der Waals surface area contributed by atoms with E-state index in [1.54, 1.807) is 6.07 Å². The van der Waals surface area contributed by atoms with Crippen molar-refractivity contribution in [2.24, 2.45) is 0 Å². The number of carbonyl (C=O) groups is 1. The van der Waals surface area contributed by atoms with Gasteiger partial charge in [-0.25, -0.2) is 0 Å². The molecular formula is C19H30N2O5. The van der Waals surface area contributed by atoms with Gasteiger partial charge < -0.3 is 23.9 Å². The Kier molecular flexibility index (Phi) is 6.34. The van der Waals surface area contributed by atoms with E-state index in [1.807, 2.05) is 18.7 Å². The lowest BCUT2D eigenvalue weighted by Crippen LogP contribution is -2.49. The summed E-state index contributed by atoms with van der Waals surface area (Å²) in [4.78, 5) is 17.1. The quantitative estimate of drug-likeness (QED) is 0.822. The normalized spacial score (nSPS) is 21.3. The molecular weight excluding hydrogens is 336 g/mol. The lowest BCUT2D eigenvalue weighted by molar-refractivity contribution is -0.0805. The second kappa shape index (κ2) is 8.52. The maximum absolute atomic E-state index is 13.0. The number of amides is 1. The first-order valence-corrected chi connectivity index (χ1v) is 9.51. The van der Waals surface area contributed by atoms with E-state index in [4.69, 9.17) is 13.9 Å². The van der Waals surface area contributed by atoms with Gasteiger partial charge in [0.1, 0.15) is 11.4 Å². The summed E-state index contributed by atoms with van der Waals surface area (Å²) in [5.74, 6) is 0.324. The lowest BCUT2D eigenvalue weighted by Gasteiger charge is -2.35. The molecule has 0 aromatic carbocycles. The molecule has 1 N–H and O–H groups in total. The summed E-state index contributed by atoms with van der Waals surface area (Å²) in [6, 6.07) is 1.67. The molecule has 2 saturated heterocycles. The van der Waals surface area contributed by atoms with Crippen molar-refractivity contribution in [3.8, 4) is 0 Å². The Balaban J connectivity index is 1.57. The van der Waals surface area contributed by atoms with E-state index in [2.05, 4.69) is 4.90 Å². The van der Waals surface area contributed by atoms with Gasteiger partial charge in [0.05, 0.1) is 24.5 Å². The van der Waals surface area contributed by atoms with E-state index in [9.17, 15) is 9.90 Å². The van der Waals surface area contributed by atoms with Crippen molar-refractivity contribution in [1.82, 2.24) is 9.80 Å². The SMILES string of the molecule is CC(C)OCCN1CCN(C(=O)c2ccoc2C2(O)CCOCC2)CC1. The second-order valence-electron chi connectivity index (χ2n) is 7.36. The maximum atomic E-state index is 13.0. The average molecular weight is 366 g/mol.